The fraction of sp³-hybridized carbons (Fsp3) is 0.553. The highest BCUT2D eigenvalue weighted by Crippen LogP contribution is 2.30. The van der Waals surface area contributed by atoms with Crippen LogP contribution in [0.5, 0.6) is 0 Å². The average Bonchev–Trinajstić information content (AvgIpc) is 3.23. The summed E-state index contributed by atoms with van der Waals surface area (Å²) < 4.78 is 38.2. The van der Waals surface area contributed by atoms with E-state index in [9.17, 15) is 37.5 Å². The first-order valence-electron chi connectivity index (χ1n) is 22.3. The monoisotopic (exact) mass is 945 g/mol. The lowest BCUT2D eigenvalue weighted by Gasteiger charge is -2.29. The SMILES string of the molecule is [2H]C(/C=C(\C)CC/C=C(/C)CCC=C(C)C)SCSC[C@H](NC(=O)CNS(=O)(=O)c1cccc2c(N(C)C)cccc12)C(=O)N[C@H](C(=O)N[C@H](C(=O)N[C@@H](C)C(=O)O)[C@@H](C)CC)C(C)C. The van der Waals surface area contributed by atoms with Crippen molar-refractivity contribution in [1.29, 1.82) is 0 Å². The number of nitrogens with zero attached hydrogens (tertiary/aromatic N) is 1. The summed E-state index contributed by atoms with van der Waals surface area (Å²) in [6, 6.07) is 5.49. The number of carbonyl (C=O) groups excluding carboxylic acids is 4. The zero-order valence-electron chi connectivity index (χ0n) is 40.4. The van der Waals surface area contributed by atoms with Crippen LogP contribution in [0.4, 0.5) is 5.69 Å². The van der Waals surface area contributed by atoms with Gasteiger partial charge in [0.2, 0.25) is 33.7 Å². The first-order valence-corrected chi connectivity index (χ1v) is 25.4. The quantitative estimate of drug-likeness (QED) is 0.0299. The zero-order chi connectivity index (χ0) is 49.0. The molecule has 0 aliphatic carbocycles. The van der Waals surface area contributed by atoms with E-state index in [4.69, 9.17) is 1.37 Å². The molecule has 0 bridgehead atoms. The molecular weight excluding hydrogens is 873 g/mol. The van der Waals surface area contributed by atoms with Gasteiger partial charge in [-0.1, -0.05) is 93.3 Å². The number of amides is 4. The molecule has 17 heteroatoms. The Balaban J connectivity index is 2.26. The number of hydrogen-bond acceptors (Lipinski definition) is 10. The van der Waals surface area contributed by atoms with Gasteiger partial charge in [-0.15, -0.1) is 23.5 Å². The van der Waals surface area contributed by atoms with E-state index in [1.807, 2.05) is 51.1 Å². The van der Waals surface area contributed by atoms with Gasteiger partial charge in [-0.05, 0) is 84.3 Å². The van der Waals surface area contributed by atoms with Crippen LogP contribution >= 0.6 is 23.5 Å². The normalized spacial score (nSPS) is 15.2. The molecule has 2 rings (SSSR count). The minimum absolute atomic E-state index is 0.0168. The van der Waals surface area contributed by atoms with Crippen LogP contribution < -0.4 is 30.9 Å². The number of allylic oxidation sites excluding steroid dienone is 5. The summed E-state index contributed by atoms with van der Waals surface area (Å²) in [5, 5.41) is 21.4. The third kappa shape index (κ3) is 19.0. The van der Waals surface area contributed by atoms with Crippen molar-refractivity contribution in [3.63, 3.8) is 0 Å². The van der Waals surface area contributed by atoms with Crippen LogP contribution in [0, 0.1) is 11.8 Å². The fourth-order valence-electron chi connectivity index (χ4n) is 6.39. The highest BCUT2D eigenvalue weighted by molar-refractivity contribution is 8.16. The summed E-state index contributed by atoms with van der Waals surface area (Å²) in [5.41, 5.74) is 3.97. The van der Waals surface area contributed by atoms with E-state index >= 15 is 0 Å². The fourth-order valence-corrected chi connectivity index (χ4v) is 9.48. The van der Waals surface area contributed by atoms with Crippen molar-refractivity contribution >= 4 is 79.6 Å². The Morgan fingerprint density at radius 2 is 1.38 bits per heavy atom. The molecule has 0 aromatic heterocycles. The van der Waals surface area contributed by atoms with Gasteiger partial charge in [0.25, 0.3) is 0 Å². The second-order valence-corrected chi connectivity index (χ2v) is 20.9. The van der Waals surface area contributed by atoms with Crippen molar-refractivity contribution in [1.82, 2.24) is 26.0 Å². The first-order chi connectivity index (χ1) is 30.5. The second-order valence-electron chi connectivity index (χ2n) is 16.9. The molecule has 2 aromatic rings. The molecule has 0 aliphatic rings. The minimum atomic E-state index is -4.21. The van der Waals surface area contributed by atoms with Gasteiger partial charge in [-0.2, -0.15) is 0 Å². The van der Waals surface area contributed by atoms with Gasteiger partial charge in [-0.25, -0.2) is 13.1 Å². The highest BCUT2D eigenvalue weighted by atomic mass is 32.2. The van der Waals surface area contributed by atoms with E-state index in [1.165, 1.54) is 47.7 Å². The zero-order valence-corrected chi connectivity index (χ0v) is 41.8. The number of rotatable bonds is 28. The summed E-state index contributed by atoms with van der Waals surface area (Å²) in [4.78, 5) is 67.7. The molecule has 1 unspecified atom stereocenters. The number of carboxylic acid groups (broad SMARTS) is 1. The number of aliphatic carboxylic acids is 1. The van der Waals surface area contributed by atoms with E-state index in [-0.39, 0.29) is 16.6 Å². The molecule has 356 valence electrons. The van der Waals surface area contributed by atoms with Crippen molar-refractivity contribution < 1.29 is 38.9 Å². The predicted octanol–water partition coefficient (Wildman–Crippen LogP) is 6.77. The lowest BCUT2D eigenvalue weighted by Crippen LogP contribution is -2.60. The van der Waals surface area contributed by atoms with Crippen molar-refractivity contribution in [3.05, 3.63) is 71.3 Å². The number of carbonyl (C=O) groups is 5. The van der Waals surface area contributed by atoms with Crippen molar-refractivity contribution in [2.24, 2.45) is 11.8 Å². The summed E-state index contributed by atoms with van der Waals surface area (Å²) in [6.45, 7) is 15.9. The van der Waals surface area contributed by atoms with E-state index in [1.54, 1.807) is 39.0 Å². The molecular formula is C47H72N6O8S3. The number of nitrogens with one attached hydrogen (secondary N) is 5. The molecule has 0 spiro atoms. The van der Waals surface area contributed by atoms with Crippen LogP contribution in [0.2, 0.25) is 0 Å². The third-order valence-electron chi connectivity index (χ3n) is 10.5. The molecule has 4 amide bonds. The van der Waals surface area contributed by atoms with Crippen molar-refractivity contribution in [2.45, 2.75) is 123 Å². The van der Waals surface area contributed by atoms with Gasteiger partial charge in [0.05, 0.1) is 11.4 Å². The van der Waals surface area contributed by atoms with Gasteiger partial charge in [0.15, 0.2) is 0 Å². The summed E-state index contributed by atoms with van der Waals surface area (Å²) >= 11 is 2.64. The van der Waals surface area contributed by atoms with Crippen LogP contribution in [0.25, 0.3) is 10.8 Å². The van der Waals surface area contributed by atoms with Crippen molar-refractivity contribution in [2.75, 3.05) is 42.1 Å². The Morgan fingerprint density at radius 1 is 0.781 bits per heavy atom. The number of sulfonamides is 1. The van der Waals surface area contributed by atoms with Crippen LogP contribution in [0.3, 0.4) is 0 Å². The lowest BCUT2D eigenvalue weighted by atomic mass is 9.96. The Labute approximate surface area is 391 Å². The topological polar surface area (TPSA) is 203 Å². The van der Waals surface area contributed by atoms with Crippen molar-refractivity contribution in [3.8, 4) is 0 Å². The Bertz CT molecular complexity index is 2140. The average molecular weight is 946 g/mol. The van der Waals surface area contributed by atoms with Gasteiger partial charge in [-0.3, -0.25) is 24.0 Å². The van der Waals surface area contributed by atoms with Crippen LogP contribution in [-0.2, 0) is 34.0 Å². The molecule has 2 aromatic carbocycles. The number of thioether (sulfide) groups is 2. The van der Waals surface area contributed by atoms with Crippen LogP contribution in [-0.4, -0.2) is 104 Å². The molecule has 0 heterocycles. The minimum Gasteiger partial charge on any atom is -0.480 e. The number of fused-ring (bicyclic) bond motifs is 1. The van der Waals surface area contributed by atoms with E-state index < -0.39 is 82.0 Å². The summed E-state index contributed by atoms with van der Waals surface area (Å²) in [6.07, 6.45) is 10.6. The van der Waals surface area contributed by atoms with Gasteiger partial charge >= 0.3 is 5.97 Å². The number of carboxylic acids is 1. The number of hydrogen-bond donors (Lipinski definition) is 6. The summed E-state index contributed by atoms with van der Waals surface area (Å²) in [5.74, 6) is -4.97. The standard InChI is InChI=1S/C47H72N6O8S3/c1-12-34(8)43(46(57)49-35(9)47(58)59)52-45(56)42(31(4)5)51-44(55)38(28-63-29-62-26-25-33(7)20-14-19-32(6)18-13-17-30(2)3)50-41(54)27-48-64(60,61)40-24-16-21-36-37(40)22-15-23-39(36)53(10)11/h15-17,19,21-25,31,34-35,38,42-43,48H,12-14,18,20,26-29H2,1-11H3,(H,49,57)(H,50,54)(H,51,55)(H,52,56)(H,58,59)/b32-19-,33-25+/t34-,35-,38-,42-,43-/m0/s1/i26D/t26?,34-,35-,38-,42-,43-. The molecule has 6 atom stereocenters. The maximum atomic E-state index is 14.0. The molecule has 0 fully saturated rings. The van der Waals surface area contributed by atoms with E-state index in [0.29, 0.717) is 22.3 Å². The van der Waals surface area contributed by atoms with Gasteiger partial charge in [0.1, 0.15) is 24.2 Å². The highest BCUT2D eigenvalue weighted by Gasteiger charge is 2.34. The Hall–Kier alpha value is -4.32. The van der Waals surface area contributed by atoms with Gasteiger partial charge < -0.3 is 31.3 Å². The predicted molar refractivity (Wildman–Crippen MR) is 264 cm³/mol. The third-order valence-corrected chi connectivity index (χ3v) is 14.0. The first kappa shape index (κ1) is 54.0. The lowest BCUT2D eigenvalue weighted by molar-refractivity contribution is -0.142. The smallest absolute Gasteiger partial charge is 0.325 e. The molecule has 0 aliphatic heterocycles. The number of anilines is 1. The van der Waals surface area contributed by atoms with E-state index in [0.717, 1.165) is 36.9 Å². The molecule has 0 saturated heterocycles. The molecule has 64 heavy (non-hydrogen) atoms. The maximum absolute atomic E-state index is 14.0. The van der Waals surface area contributed by atoms with Crippen LogP contribution in [0.1, 0.15) is 95.8 Å². The molecule has 14 nitrogen and oxygen atoms in total. The second kappa shape index (κ2) is 27.9. The Kier molecular flexibility index (Phi) is 23.5. The van der Waals surface area contributed by atoms with E-state index in [2.05, 4.69) is 58.9 Å². The Morgan fingerprint density at radius 3 is 1.98 bits per heavy atom. The summed E-state index contributed by atoms with van der Waals surface area (Å²) in [7, 11) is -0.504. The number of benzene rings is 2. The largest absolute Gasteiger partial charge is 0.480 e. The molecule has 0 saturated carbocycles. The van der Waals surface area contributed by atoms with Crippen LogP contribution in [0.15, 0.2) is 76.2 Å². The maximum Gasteiger partial charge on any atom is 0.325 e. The molecule has 0 radical (unpaired) electrons. The van der Waals surface area contributed by atoms with Gasteiger partial charge in [0, 0.05) is 48.5 Å². The molecule has 6 N–H and O–H groups in total.